The molecule has 0 N–H and O–H groups in total. The van der Waals surface area contributed by atoms with E-state index >= 15 is 0 Å². The van der Waals surface area contributed by atoms with Crippen LogP contribution in [0.25, 0.3) is 0 Å². The summed E-state index contributed by atoms with van der Waals surface area (Å²) in [6, 6.07) is 4.38. The van der Waals surface area contributed by atoms with Crippen LogP contribution in [0, 0.1) is 5.92 Å². The van der Waals surface area contributed by atoms with Crippen molar-refractivity contribution in [1.29, 1.82) is 0 Å². The van der Waals surface area contributed by atoms with Crippen LogP contribution in [-0.2, 0) is 15.6 Å². The Labute approximate surface area is 149 Å². The lowest BCUT2D eigenvalue weighted by Gasteiger charge is -2.22. The zero-order chi connectivity index (χ0) is 18.2. The summed E-state index contributed by atoms with van der Waals surface area (Å²) in [6.45, 7) is 14.8. The average Bonchev–Trinajstić information content (AvgIpc) is 2.84. The van der Waals surface area contributed by atoms with Crippen LogP contribution in [0.3, 0.4) is 0 Å². The molecule has 0 amide bonds. The fraction of sp³-hybridized carbons (Fsp3) is 0.571. The van der Waals surface area contributed by atoms with E-state index in [-0.39, 0.29) is 23.5 Å². The van der Waals surface area contributed by atoms with E-state index in [2.05, 4.69) is 53.7 Å². The molecule has 1 aromatic rings. The summed E-state index contributed by atoms with van der Waals surface area (Å²) in [5.74, 6) is 0.980. The van der Waals surface area contributed by atoms with E-state index in [1.54, 1.807) is 0 Å². The molecule has 1 aliphatic carbocycles. The Bertz CT molecular complexity index is 667. The molecule has 1 unspecified atom stereocenters. The predicted octanol–water partition coefficient (Wildman–Crippen LogP) is 5.66. The molecule has 0 bridgehead atoms. The predicted molar refractivity (Wildman–Crippen MR) is 102 cm³/mol. The number of allylic oxidation sites excluding steroid dienone is 2. The van der Waals surface area contributed by atoms with Crippen molar-refractivity contribution in [1.82, 2.24) is 0 Å². The SMILES string of the molecule is CC(C)c1cc(C(C)C)c(S(=O)C2=CC[C@H](C)C2=O)c(C(C)C)c1. The largest absolute Gasteiger partial charge is 0.293 e. The van der Waals surface area contributed by atoms with Crippen LogP contribution in [-0.4, -0.2) is 9.99 Å². The molecular weight excluding hydrogens is 316 g/mol. The van der Waals surface area contributed by atoms with Crippen LogP contribution < -0.4 is 0 Å². The van der Waals surface area contributed by atoms with Crippen molar-refractivity contribution >= 4 is 16.6 Å². The topological polar surface area (TPSA) is 34.1 Å². The summed E-state index contributed by atoms with van der Waals surface area (Å²) >= 11 is 0. The molecule has 0 fully saturated rings. The van der Waals surface area contributed by atoms with Crippen LogP contribution >= 0.6 is 0 Å². The normalized spacial score (nSPS) is 19.5. The third-order valence-electron chi connectivity index (χ3n) is 4.81. The Balaban J connectivity index is 2.67. The summed E-state index contributed by atoms with van der Waals surface area (Å²) in [4.78, 5) is 13.8. The van der Waals surface area contributed by atoms with Crippen LogP contribution in [0.5, 0.6) is 0 Å². The van der Waals surface area contributed by atoms with Crippen molar-refractivity contribution in [3.05, 3.63) is 39.8 Å². The fourth-order valence-electron chi connectivity index (χ4n) is 3.11. The van der Waals surface area contributed by atoms with Crippen LogP contribution in [0.2, 0.25) is 0 Å². The number of hydrogen-bond acceptors (Lipinski definition) is 2. The standard InChI is InChI=1S/C21H30O2S/c1-12(2)16-10-17(13(3)4)21(18(11-16)14(5)6)24(23)19-9-8-15(7)20(19)22/h9-15H,8H2,1-7H3/t15-,24?/m0/s1. The highest BCUT2D eigenvalue weighted by Crippen LogP contribution is 2.37. The Morgan fingerprint density at radius 2 is 1.46 bits per heavy atom. The van der Waals surface area contributed by atoms with Crippen molar-refractivity contribution < 1.29 is 9.00 Å². The molecule has 1 aromatic carbocycles. The van der Waals surface area contributed by atoms with Crippen molar-refractivity contribution in [3.8, 4) is 0 Å². The summed E-state index contributed by atoms with van der Waals surface area (Å²) in [7, 11) is -1.38. The Morgan fingerprint density at radius 1 is 0.958 bits per heavy atom. The van der Waals surface area contributed by atoms with E-state index in [1.807, 2.05) is 13.0 Å². The summed E-state index contributed by atoms with van der Waals surface area (Å²) in [5, 5.41) is 0. The molecule has 3 heteroatoms. The molecule has 0 heterocycles. The number of Topliss-reactive ketones (excluding diaryl/α,β-unsaturated/α-hetero) is 1. The third kappa shape index (κ3) is 3.56. The monoisotopic (exact) mass is 346 g/mol. The molecule has 0 saturated heterocycles. The number of ketones is 1. The maximum Gasteiger partial charge on any atom is 0.174 e. The minimum absolute atomic E-state index is 0.0381. The van der Waals surface area contributed by atoms with Gasteiger partial charge in [-0.3, -0.25) is 4.79 Å². The highest BCUT2D eigenvalue weighted by molar-refractivity contribution is 7.90. The number of carbonyl (C=O) groups is 1. The van der Waals surface area contributed by atoms with Crippen LogP contribution in [0.15, 0.2) is 28.0 Å². The number of hydrogen-bond donors (Lipinski definition) is 0. The van der Waals surface area contributed by atoms with E-state index in [1.165, 1.54) is 5.56 Å². The number of benzene rings is 1. The van der Waals surface area contributed by atoms with Crippen molar-refractivity contribution in [2.75, 3.05) is 0 Å². The van der Waals surface area contributed by atoms with Gasteiger partial charge < -0.3 is 0 Å². The van der Waals surface area contributed by atoms with Gasteiger partial charge in [-0.1, -0.05) is 66.7 Å². The van der Waals surface area contributed by atoms with Gasteiger partial charge in [-0.25, -0.2) is 4.21 Å². The molecule has 0 radical (unpaired) electrons. The van der Waals surface area contributed by atoms with E-state index in [9.17, 15) is 9.00 Å². The maximum absolute atomic E-state index is 13.4. The van der Waals surface area contributed by atoms with Crippen LogP contribution in [0.4, 0.5) is 0 Å². The summed E-state index contributed by atoms with van der Waals surface area (Å²) in [5.41, 5.74) is 3.52. The average molecular weight is 347 g/mol. The first-order valence-electron chi connectivity index (χ1n) is 8.99. The smallest absolute Gasteiger partial charge is 0.174 e. The van der Waals surface area contributed by atoms with Crippen molar-refractivity contribution in [2.24, 2.45) is 5.92 Å². The fourth-order valence-corrected chi connectivity index (χ4v) is 4.98. The van der Waals surface area contributed by atoms with Gasteiger partial charge in [-0.2, -0.15) is 0 Å². The molecule has 0 aromatic heterocycles. The molecular formula is C21H30O2S. The second-order valence-electron chi connectivity index (χ2n) is 7.83. The van der Waals surface area contributed by atoms with Gasteiger partial charge >= 0.3 is 0 Å². The maximum atomic E-state index is 13.4. The summed E-state index contributed by atoms with van der Waals surface area (Å²) < 4.78 is 13.4. The highest BCUT2D eigenvalue weighted by Gasteiger charge is 2.31. The highest BCUT2D eigenvalue weighted by atomic mass is 32.2. The van der Waals surface area contributed by atoms with E-state index in [0.717, 1.165) is 16.0 Å². The number of carbonyl (C=O) groups excluding carboxylic acids is 1. The van der Waals surface area contributed by atoms with Gasteiger partial charge in [-0.05, 0) is 40.9 Å². The van der Waals surface area contributed by atoms with Gasteiger partial charge in [-0.15, -0.1) is 0 Å². The Morgan fingerprint density at radius 3 is 1.79 bits per heavy atom. The molecule has 2 nitrogen and oxygen atoms in total. The van der Waals surface area contributed by atoms with E-state index in [4.69, 9.17) is 0 Å². The zero-order valence-corrected chi connectivity index (χ0v) is 16.8. The van der Waals surface area contributed by atoms with Gasteiger partial charge in [0.05, 0.1) is 20.6 Å². The van der Waals surface area contributed by atoms with Crippen molar-refractivity contribution in [2.45, 2.75) is 77.5 Å². The number of rotatable bonds is 5. The first-order valence-corrected chi connectivity index (χ1v) is 10.1. The molecule has 0 saturated carbocycles. The van der Waals surface area contributed by atoms with Gasteiger partial charge in [0.25, 0.3) is 0 Å². The quantitative estimate of drug-likeness (QED) is 0.689. The lowest BCUT2D eigenvalue weighted by atomic mass is 9.89. The summed E-state index contributed by atoms with van der Waals surface area (Å²) in [6.07, 6.45) is 2.59. The Hall–Kier alpha value is -1.22. The second kappa shape index (κ2) is 7.35. The lowest BCUT2D eigenvalue weighted by molar-refractivity contribution is -0.117. The van der Waals surface area contributed by atoms with Gasteiger partial charge in [0.2, 0.25) is 0 Å². The zero-order valence-electron chi connectivity index (χ0n) is 16.0. The van der Waals surface area contributed by atoms with Gasteiger partial charge in [0.15, 0.2) is 5.78 Å². The second-order valence-corrected chi connectivity index (χ2v) is 9.22. The van der Waals surface area contributed by atoms with Gasteiger partial charge in [0, 0.05) is 5.92 Å². The molecule has 1 aliphatic rings. The lowest BCUT2D eigenvalue weighted by Crippen LogP contribution is -2.14. The van der Waals surface area contributed by atoms with Gasteiger partial charge in [0.1, 0.15) is 0 Å². The van der Waals surface area contributed by atoms with E-state index < -0.39 is 10.8 Å². The van der Waals surface area contributed by atoms with E-state index in [0.29, 0.717) is 17.2 Å². The minimum atomic E-state index is -1.38. The third-order valence-corrected chi connectivity index (χ3v) is 6.42. The first-order chi connectivity index (χ1) is 11.1. The molecule has 132 valence electrons. The Kier molecular flexibility index (Phi) is 5.85. The van der Waals surface area contributed by atoms with Crippen LogP contribution in [0.1, 0.15) is 89.3 Å². The molecule has 2 atom stereocenters. The molecule has 0 aliphatic heterocycles. The molecule has 2 rings (SSSR count). The molecule has 24 heavy (non-hydrogen) atoms. The minimum Gasteiger partial charge on any atom is -0.293 e. The molecule has 0 spiro atoms. The first kappa shape index (κ1) is 19.1. The van der Waals surface area contributed by atoms with Crippen molar-refractivity contribution in [3.63, 3.8) is 0 Å².